The molecule has 1 rings (SSSR count). The SMILES string of the molecule is CS(=O)(=O)OC1CCCC(S(C)(=O)=O)C1. The Morgan fingerprint density at radius 1 is 1.07 bits per heavy atom. The first-order valence-corrected chi connectivity index (χ1v) is 8.53. The molecule has 0 bridgehead atoms. The summed E-state index contributed by atoms with van der Waals surface area (Å²) < 4.78 is 49.2. The van der Waals surface area contributed by atoms with Crippen molar-refractivity contribution in [1.29, 1.82) is 0 Å². The Morgan fingerprint density at radius 2 is 1.67 bits per heavy atom. The largest absolute Gasteiger partial charge is 0.267 e. The molecule has 7 heteroatoms. The summed E-state index contributed by atoms with van der Waals surface area (Å²) in [7, 11) is -6.58. The van der Waals surface area contributed by atoms with Crippen LogP contribution >= 0.6 is 0 Å². The quantitative estimate of drug-likeness (QED) is 0.679. The number of sulfone groups is 1. The molecule has 15 heavy (non-hydrogen) atoms. The van der Waals surface area contributed by atoms with Gasteiger partial charge < -0.3 is 0 Å². The highest BCUT2D eigenvalue weighted by molar-refractivity contribution is 7.91. The molecular formula is C8H16O5S2. The van der Waals surface area contributed by atoms with Crippen molar-refractivity contribution < 1.29 is 21.0 Å². The topological polar surface area (TPSA) is 77.5 Å². The number of hydrogen-bond donors (Lipinski definition) is 0. The van der Waals surface area contributed by atoms with Gasteiger partial charge in [0.1, 0.15) is 9.84 Å². The molecule has 0 spiro atoms. The predicted octanol–water partition coefficient (Wildman–Crippen LogP) is 0.318. The zero-order valence-corrected chi connectivity index (χ0v) is 10.5. The molecule has 5 nitrogen and oxygen atoms in total. The van der Waals surface area contributed by atoms with Gasteiger partial charge in [-0.2, -0.15) is 8.42 Å². The second-order valence-corrected chi connectivity index (χ2v) is 7.97. The Labute approximate surface area is 90.9 Å². The summed E-state index contributed by atoms with van der Waals surface area (Å²) in [5.41, 5.74) is 0. The van der Waals surface area contributed by atoms with E-state index in [1.807, 2.05) is 0 Å². The Hall–Kier alpha value is -0.140. The van der Waals surface area contributed by atoms with Crippen LogP contribution in [0.4, 0.5) is 0 Å². The maximum atomic E-state index is 11.3. The summed E-state index contributed by atoms with van der Waals surface area (Å²) in [6, 6.07) is 0. The average molecular weight is 256 g/mol. The van der Waals surface area contributed by atoms with Crippen LogP contribution in [-0.4, -0.2) is 40.7 Å². The molecule has 2 atom stereocenters. The molecule has 0 amide bonds. The van der Waals surface area contributed by atoms with E-state index < -0.39 is 31.3 Å². The van der Waals surface area contributed by atoms with Crippen LogP contribution in [-0.2, 0) is 24.1 Å². The average Bonchev–Trinajstić information content (AvgIpc) is 1.99. The van der Waals surface area contributed by atoms with Crippen LogP contribution in [0.15, 0.2) is 0 Å². The van der Waals surface area contributed by atoms with E-state index in [1.165, 1.54) is 6.26 Å². The van der Waals surface area contributed by atoms with E-state index in [9.17, 15) is 16.8 Å². The molecule has 0 saturated heterocycles. The van der Waals surface area contributed by atoms with Crippen LogP contribution in [0.2, 0.25) is 0 Å². The molecule has 0 radical (unpaired) electrons. The molecule has 0 N–H and O–H groups in total. The predicted molar refractivity (Wildman–Crippen MR) is 56.8 cm³/mol. The van der Waals surface area contributed by atoms with Gasteiger partial charge in [0.2, 0.25) is 0 Å². The lowest BCUT2D eigenvalue weighted by Gasteiger charge is -2.26. The third-order valence-corrected chi connectivity index (χ3v) is 4.76. The van der Waals surface area contributed by atoms with Gasteiger partial charge in [-0.1, -0.05) is 0 Å². The summed E-state index contributed by atoms with van der Waals surface area (Å²) in [6.07, 6.45) is 3.87. The van der Waals surface area contributed by atoms with Crippen molar-refractivity contribution >= 4 is 20.0 Å². The van der Waals surface area contributed by atoms with E-state index in [4.69, 9.17) is 4.18 Å². The van der Waals surface area contributed by atoms with Crippen molar-refractivity contribution in [2.75, 3.05) is 12.5 Å². The summed E-state index contributed by atoms with van der Waals surface area (Å²) in [5.74, 6) is 0. The molecule has 1 saturated carbocycles. The highest BCUT2D eigenvalue weighted by Crippen LogP contribution is 2.26. The Balaban J connectivity index is 2.65. The van der Waals surface area contributed by atoms with Crippen LogP contribution in [0, 0.1) is 0 Å². The fraction of sp³-hybridized carbons (Fsp3) is 1.00. The Bertz CT molecular complexity index is 408. The fourth-order valence-electron chi connectivity index (χ4n) is 1.83. The van der Waals surface area contributed by atoms with E-state index in [2.05, 4.69) is 0 Å². The van der Waals surface area contributed by atoms with Crippen molar-refractivity contribution in [1.82, 2.24) is 0 Å². The minimum atomic E-state index is -3.49. The number of rotatable bonds is 3. The molecule has 90 valence electrons. The van der Waals surface area contributed by atoms with Gasteiger partial charge in [0.15, 0.2) is 0 Å². The monoisotopic (exact) mass is 256 g/mol. The van der Waals surface area contributed by atoms with Crippen molar-refractivity contribution in [2.24, 2.45) is 0 Å². The summed E-state index contributed by atoms with van der Waals surface area (Å²) >= 11 is 0. The third kappa shape index (κ3) is 4.48. The first kappa shape index (κ1) is 12.9. The van der Waals surface area contributed by atoms with Crippen LogP contribution in [0.3, 0.4) is 0 Å². The van der Waals surface area contributed by atoms with Gasteiger partial charge in [0.25, 0.3) is 10.1 Å². The molecule has 1 aliphatic rings. The summed E-state index contributed by atoms with van der Waals surface area (Å²) in [4.78, 5) is 0. The number of hydrogen-bond acceptors (Lipinski definition) is 5. The van der Waals surface area contributed by atoms with Crippen molar-refractivity contribution in [3.05, 3.63) is 0 Å². The molecule has 1 fully saturated rings. The highest BCUT2D eigenvalue weighted by Gasteiger charge is 2.30. The third-order valence-electron chi connectivity index (χ3n) is 2.49. The molecular weight excluding hydrogens is 240 g/mol. The van der Waals surface area contributed by atoms with Crippen molar-refractivity contribution in [3.8, 4) is 0 Å². The molecule has 1 aliphatic carbocycles. The summed E-state index contributed by atoms with van der Waals surface area (Å²) in [5, 5.41) is -0.460. The molecule has 0 aromatic rings. The van der Waals surface area contributed by atoms with Gasteiger partial charge in [0, 0.05) is 6.26 Å². The second kappa shape index (κ2) is 4.39. The fourth-order valence-corrected chi connectivity index (χ4v) is 3.65. The molecule has 0 heterocycles. The van der Waals surface area contributed by atoms with Gasteiger partial charge in [-0.25, -0.2) is 8.42 Å². The lowest BCUT2D eigenvalue weighted by Crippen LogP contribution is -2.32. The second-order valence-electron chi connectivity index (χ2n) is 4.04. The van der Waals surface area contributed by atoms with Gasteiger partial charge in [-0.3, -0.25) is 4.18 Å². The smallest absolute Gasteiger partial charge is 0.264 e. The van der Waals surface area contributed by atoms with Crippen LogP contribution in [0.1, 0.15) is 25.7 Å². The van der Waals surface area contributed by atoms with E-state index in [-0.39, 0.29) is 6.42 Å². The zero-order valence-electron chi connectivity index (χ0n) is 8.84. The normalized spacial score (nSPS) is 28.9. The van der Waals surface area contributed by atoms with Gasteiger partial charge in [-0.05, 0) is 25.7 Å². The van der Waals surface area contributed by atoms with Crippen molar-refractivity contribution in [3.63, 3.8) is 0 Å². The molecule has 0 aromatic heterocycles. The van der Waals surface area contributed by atoms with Crippen LogP contribution in [0.25, 0.3) is 0 Å². The van der Waals surface area contributed by atoms with Gasteiger partial charge >= 0.3 is 0 Å². The minimum Gasteiger partial charge on any atom is -0.267 e. The van der Waals surface area contributed by atoms with E-state index in [0.717, 1.165) is 6.26 Å². The van der Waals surface area contributed by atoms with Gasteiger partial charge in [0.05, 0.1) is 17.6 Å². The maximum Gasteiger partial charge on any atom is 0.264 e. The standard InChI is InChI=1S/C8H16O5S2/c1-14(9,10)8-5-3-4-7(6-8)13-15(2,11)12/h7-8H,3-6H2,1-2H3. The Kier molecular flexibility index (Phi) is 3.78. The lowest BCUT2D eigenvalue weighted by molar-refractivity contribution is 0.165. The van der Waals surface area contributed by atoms with Gasteiger partial charge in [-0.15, -0.1) is 0 Å². The highest BCUT2D eigenvalue weighted by atomic mass is 32.2. The zero-order chi connectivity index (χ0) is 11.7. The first-order chi connectivity index (χ1) is 6.68. The molecule has 0 aliphatic heterocycles. The van der Waals surface area contributed by atoms with E-state index >= 15 is 0 Å². The summed E-state index contributed by atoms with van der Waals surface area (Å²) in [6.45, 7) is 0. The van der Waals surface area contributed by atoms with Crippen LogP contribution < -0.4 is 0 Å². The molecule has 2 unspecified atom stereocenters. The van der Waals surface area contributed by atoms with Crippen LogP contribution in [0.5, 0.6) is 0 Å². The minimum absolute atomic E-state index is 0.284. The van der Waals surface area contributed by atoms with Crippen molar-refractivity contribution in [2.45, 2.75) is 37.0 Å². The lowest BCUT2D eigenvalue weighted by atomic mass is 9.97. The Morgan fingerprint density at radius 3 is 2.13 bits per heavy atom. The van der Waals surface area contributed by atoms with E-state index in [0.29, 0.717) is 19.3 Å². The molecule has 0 aromatic carbocycles. The first-order valence-electron chi connectivity index (χ1n) is 4.75. The van der Waals surface area contributed by atoms with E-state index in [1.54, 1.807) is 0 Å². The maximum absolute atomic E-state index is 11.3.